The predicted octanol–water partition coefficient (Wildman–Crippen LogP) is 0.725. The number of aromatic nitrogens is 1. The summed E-state index contributed by atoms with van der Waals surface area (Å²) in [6, 6.07) is 3.57. The largest absolute Gasteiger partial charge is 0.479 e. The van der Waals surface area contributed by atoms with E-state index in [-0.39, 0.29) is 11.4 Å². The highest BCUT2D eigenvalue weighted by Gasteiger charge is 2.08. The van der Waals surface area contributed by atoms with E-state index in [4.69, 9.17) is 15.1 Å². The van der Waals surface area contributed by atoms with Gasteiger partial charge in [-0.05, 0) is 18.6 Å². The van der Waals surface area contributed by atoms with Crippen molar-refractivity contribution in [2.75, 3.05) is 6.61 Å². The van der Waals surface area contributed by atoms with Gasteiger partial charge in [-0.2, -0.15) is 5.26 Å². The number of carboxylic acids is 1. The molecule has 0 aliphatic heterocycles. The van der Waals surface area contributed by atoms with Gasteiger partial charge in [0.25, 0.3) is 0 Å². The van der Waals surface area contributed by atoms with Crippen molar-refractivity contribution in [2.45, 2.75) is 6.92 Å². The maximum Gasteiger partial charge on any atom is 0.341 e. The van der Waals surface area contributed by atoms with Crippen LogP contribution < -0.4 is 4.74 Å². The fraction of sp³-hybridized carbons (Fsp3) is 0.222. The number of carboxylic acid groups (broad SMARTS) is 1. The van der Waals surface area contributed by atoms with Gasteiger partial charge in [0.1, 0.15) is 11.6 Å². The number of rotatable bonds is 3. The summed E-state index contributed by atoms with van der Waals surface area (Å²) in [5.41, 5.74) is 0.983. The zero-order valence-corrected chi connectivity index (χ0v) is 7.52. The molecule has 1 N–H and O–H groups in total. The average Bonchev–Trinajstić information content (AvgIpc) is 2.14. The van der Waals surface area contributed by atoms with E-state index in [2.05, 4.69) is 4.98 Å². The number of hydrogen-bond acceptors (Lipinski definition) is 4. The van der Waals surface area contributed by atoms with E-state index in [0.29, 0.717) is 5.56 Å². The molecule has 1 aromatic heterocycles. The van der Waals surface area contributed by atoms with Crippen LogP contribution in [0.25, 0.3) is 0 Å². The van der Waals surface area contributed by atoms with Crippen LogP contribution in [0, 0.1) is 18.3 Å². The third-order valence-electron chi connectivity index (χ3n) is 1.57. The Morgan fingerprint density at radius 2 is 2.50 bits per heavy atom. The first-order valence-corrected chi connectivity index (χ1v) is 3.85. The van der Waals surface area contributed by atoms with Crippen LogP contribution in [0.15, 0.2) is 12.3 Å². The summed E-state index contributed by atoms with van der Waals surface area (Å²) in [6.07, 6.45) is 1.47. The van der Waals surface area contributed by atoms with E-state index in [1.54, 1.807) is 13.0 Å². The van der Waals surface area contributed by atoms with Gasteiger partial charge in [-0.25, -0.2) is 9.78 Å². The molecule has 0 radical (unpaired) electrons. The van der Waals surface area contributed by atoms with Crippen LogP contribution in [-0.4, -0.2) is 22.7 Å². The van der Waals surface area contributed by atoms with Crippen molar-refractivity contribution in [2.24, 2.45) is 0 Å². The first-order chi connectivity index (χ1) is 6.65. The molecule has 0 unspecified atom stereocenters. The van der Waals surface area contributed by atoms with Crippen LogP contribution in [0.1, 0.15) is 11.1 Å². The standard InChI is InChI=1S/C9H8N2O3/c1-6-2-3-11-9(7(6)4-10)14-5-8(12)13/h2-3H,5H2,1H3,(H,12,13). The summed E-state index contributed by atoms with van der Waals surface area (Å²) in [4.78, 5) is 14.0. The second-order valence-electron chi connectivity index (χ2n) is 2.60. The Kier molecular flexibility index (Phi) is 3.02. The number of pyridine rings is 1. The van der Waals surface area contributed by atoms with E-state index < -0.39 is 12.6 Å². The van der Waals surface area contributed by atoms with Crippen molar-refractivity contribution in [3.05, 3.63) is 23.4 Å². The van der Waals surface area contributed by atoms with Gasteiger partial charge in [0.05, 0.1) is 0 Å². The quantitative estimate of drug-likeness (QED) is 0.763. The Hall–Kier alpha value is -2.09. The zero-order valence-electron chi connectivity index (χ0n) is 7.52. The monoisotopic (exact) mass is 192 g/mol. The molecule has 5 nitrogen and oxygen atoms in total. The van der Waals surface area contributed by atoms with Crippen LogP contribution in [0.3, 0.4) is 0 Å². The predicted molar refractivity (Wildman–Crippen MR) is 46.8 cm³/mol. The highest BCUT2D eigenvalue weighted by Crippen LogP contribution is 2.17. The molecule has 0 amide bonds. The van der Waals surface area contributed by atoms with Crippen LogP contribution in [0.5, 0.6) is 5.88 Å². The highest BCUT2D eigenvalue weighted by molar-refractivity contribution is 5.68. The lowest BCUT2D eigenvalue weighted by Crippen LogP contribution is -2.11. The van der Waals surface area contributed by atoms with Crippen LogP contribution >= 0.6 is 0 Å². The van der Waals surface area contributed by atoms with Gasteiger partial charge in [0.2, 0.25) is 5.88 Å². The molecule has 0 aliphatic rings. The third-order valence-corrected chi connectivity index (χ3v) is 1.57. The van der Waals surface area contributed by atoms with Gasteiger partial charge in [-0.15, -0.1) is 0 Å². The van der Waals surface area contributed by atoms with Crippen LogP contribution in [0.4, 0.5) is 0 Å². The SMILES string of the molecule is Cc1ccnc(OCC(=O)O)c1C#N. The number of aliphatic carboxylic acids is 1. The smallest absolute Gasteiger partial charge is 0.341 e. The first-order valence-electron chi connectivity index (χ1n) is 3.85. The van der Waals surface area contributed by atoms with Crippen molar-refractivity contribution in [1.29, 1.82) is 5.26 Å². The third kappa shape index (κ3) is 2.20. The van der Waals surface area contributed by atoms with Crippen molar-refractivity contribution < 1.29 is 14.6 Å². The molecule has 14 heavy (non-hydrogen) atoms. The molecule has 1 aromatic rings. The minimum atomic E-state index is -1.10. The van der Waals surface area contributed by atoms with Crippen molar-refractivity contribution in [1.82, 2.24) is 4.98 Å². The second-order valence-corrected chi connectivity index (χ2v) is 2.60. The van der Waals surface area contributed by atoms with Gasteiger partial charge in [0.15, 0.2) is 6.61 Å². The maximum absolute atomic E-state index is 10.2. The lowest BCUT2D eigenvalue weighted by molar-refractivity contribution is -0.139. The summed E-state index contributed by atoms with van der Waals surface area (Å²) in [5, 5.41) is 17.1. The van der Waals surface area contributed by atoms with Crippen molar-refractivity contribution >= 4 is 5.97 Å². The first kappa shape index (κ1) is 9.99. The number of nitrogens with zero attached hydrogens (tertiary/aromatic N) is 2. The average molecular weight is 192 g/mol. The van der Waals surface area contributed by atoms with Gasteiger partial charge in [0, 0.05) is 6.20 Å². The Bertz CT molecular complexity index is 396. The summed E-state index contributed by atoms with van der Waals surface area (Å²) in [7, 11) is 0. The molecule has 0 saturated carbocycles. The topological polar surface area (TPSA) is 83.2 Å². The minimum Gasteiger partial charge on any atom is -0.479 e. The maximum atomic E-state index is 10.2. The Balaban J connectivity index is 2.92. The van der Waals surface area contributed by atoms with Gasteiger partial charge < -0.3 is 9.84 Å². The number of ether oxygens (including phenoxy) is 1. The van der Waals surface area contributed by atoms with E-state index in [9.17, 15) is 4.79 Å². The van der Waals surface area contributed by atoms with Crippen molar-refractivity contribution in [3.63, 3.8) is 0 Å². The zero-order chi connectivity index (χ0) is 10.6. The normalized spacial score (nSPS) is 9.14. The Labute approximate surface area is 80.6 Å². The Morgan fingerprint density at radius 1 is 1.79 bits per heavy atom. The molecule has 0 bridgehead atoms. The van der Waals surface area contributed by atoms with E-state index in [0.717, 1.165) is 0 Å². The molecule has 0 fully saturated rings. The molecule has 0 aromatic carbocycles. The van der Waals surface area contributed by atoms with E-state index in [1.165, 1.54) is 6.20 Å². The van der Waals surface area contributed by atoms with E-state index >= 15 is 0 Å². The molecule has 5 heteroatoms. The molecule has 0 aliphatic carbocycles. The number of carbonyl (C=O) groups is 1. The molecule has 1 rings (SSSR count). The summed E-state index contributed by atoms with van der Waals surface area (Å²) < 4.78 is 4.84. The number of hydrogen-bond donors (Lipinski definition) is 1. The molecule has 1 heterocycles. The fourth-order valence-corrected chi connectivity index (χ4v) is 0.909. The van der Waals surface area contributed by atoms with E-state index in [1.807, 2.05) is 6.07 Å². The van der Waals surface area contributed by atoms with Crippen molar-refractivity contribution in [3.8, 4) is 11.9 Å². The number of nitriles is 1. The molecule has 72 valence electrons. The highest BCUT2D eigenvalue weighted by atomic mass is 16.5. The lowest BCUT2D eigenvalue weighted by Gasteiger charge is -2.04. The van der Waals surface area contributed by atoms with Crippen LogP contribution in [-0.2, 0) is 4.79 Å². The van der Waals surface area contributed by atoms with Gasteiger partial charge in [-0.1, -0.05) is 0 Å². The summed E-state index contributed by atoms with van der Waals surface area (Å²) >= 11 is 0. The fourth-order valence-electron chi connectivity index (χ4n) is 0.909. The molecule has 0 atom stereocenters. The minimum absolute atomic E-state index is 0.0647. The second kappa shape index (κ2) is 4.23. The lowest BCUT2D eigenvalue weighted by atomic mass is 10.2. The number of aryl methyl sites for hydroxylation is 1. The Morgan fingerprint density at radius 3 is 3.07 bits per heavy atom. The van der Waals surface area contributed by atoms with Crippen LogP contribution in [0.2, 0.25) is 0 Å². The molecular formula is C9H8N2O3. The van der Waals surface area contributed by atoms with Gasteiger partial charge in [-0.3, -0.25) is 0 Å². The summed E-state index contributed by atoms with van der Waals surface area (Å²) in [5.74, 6) is -1.04. The summed E-state index contributed by atoms with van der Waals surface area (Å²) in [6.45, 7) is 1.24. The molecule has 0 saturated heterocycles. The van der Waals surface area contributed by atoms with Gasteiger partial charge >= 0.3 is 5.97 Å². The molecular weight excluding hydrogens is 184 g/mol. The molecule has 0 spiro atoms.